The molecule has 1 aromatic rings. The van der Waals surface area contributed by atoms with Gasteiger partial charge in [0.1, 0.15) is 0 Å². The van der Waals surface area contributed by atoms with Crippen LogP contribution >= 0.6 is 11.8 Å². The van der Waals surface area contributed by atoms with E-state index in [2.05, 4.69) is 22.2 Å². The Kier molecular flexibility index (Phi) is 6.24. The van der Waals surface area contributed by atoms with Gasteiger partial charge in [-0.1, -0.05) is 31.5 Å². The standard InChI is InChI=1S/C17H27N3OS/c1-11-6-5-7-14(10-11)20-16(21)9-8-15-12(2)18-17(22-4)19-13(15)3/h11,14H,5-10H2,1-4H3,(H,20,21). The molecule has 1 heterocycles. The summed E-state index contributed by atoms with van der Waals surface area (Å²) in [4.78, 5) is 21.1. The van der Waals surface area contributed by atoms with Gasteiger partial charge in [-0.3, -0.25) is 4.79 Å². The fourth-order valence-electron chi connectivity index (χ4n) is 3.27. The molecule has 5 heteroatoms. The van der Waals surface area contributed by atoms with Gasteiger partial charge >= 0.3 is 0 Å². The van der Waals surface area contributed by atoms with E-state index in [0.717, 1.165) is 47.3 Å². The molecule has 22 heavy (non-hydrogen) atoms. The van der Waals surface area contributed by atoms with Crippen molar-refractivity contribution in [1.29, 1.82) is 0 Å². The van der Waals surface area contributed by atoms with Crippen molar-refractivity contribution in [2.45, 2.75) is 70.5 Å². The van der Waals surface area contributed by atoms with Crippen LogP contribution < -0.4 is 5.32 Å². The second-order valence-electron chi connectivity index (χ2n) is 6.40. The Morgan fingerprint density at radius 3 is 2.55 bits per heavy atom. The Morgan fingerprint density at radius 2 is 1.95 bits per heavy atom. The zero-order chi connectivity index (χ0) is 16.1. The molecular weight excluding hydrogens is 294 g/mol. The van der Waals surface area contributed by atoms with E-state index < -0.39 is 0 Å². The maximum atomic E-state index is 12.2. The molecule has 1 aliphatic rings. The molecule has 0 bridgehead atoms. The molecule has 4 nitrogen and oxygen atoms in total. The van der Waals surface area contributed by atoms with Gasteiger partial charge in [-0.05, 0) is 50.8 Å². The monoisotopic (exact) mass is 321 g/mol. The number of aromatic nitrogens is 2. The van der Waals surface area contributed by atoms with Crippen LogP contribution in [0.3, 0.4) is 0 Å². The van der Waals surface area contributed by atoms with Gasteiger partial charge in [-0.25, -0.2) is 9.97 Å². The molecule has 2 atom stereocenters. The smallest absolute Gasteiger partial charge is 0.220 e. The molecule has 0 saturated heterocycles. The molecule has 1 N–H and O–H groups in total. The van der Waals surface area contributed by atoms with E-state index in [0.29, 0.717) is 12.5 Å². The van der Waals surface area contributed by atoms with Gasteiger partial charge in [0.15, 0.2) is 5.16 Å². The number of rotatable bonds is 5. The highest BCUT2D eigenvalue weighted by molar-refractivity contribution is 7.98. The Balaban J connectivity index is 1.88. The average molecular weight is 321 g/mol. The van der Waals surface area contributed by atoms with E-state index in [1.165, 1.54) is 12.8 Å². The third-order valence-corrected chi connectivity index (χ3v) is 5.03. The van der Waals surface area contributed by atoms with E-state index in [-0.39, 0.29) is 5.91 Å². The summed E-state index contributed by atoms with van der Waals surface area (Å²) in [5.74, 6) is 0.892. The number of thioether (sulfide) groups is 1. The summed E-state index contributed by atoms with van der Waals surface area (Å²) in [5, 5.41) is 4.00. The van der Waals surface area contributed by atoms with Gasteiger partial charge < -0.3 is 5.32 Å². The maximum Gasteiger partial charge on any atom is 0.220 e. The quantitative estimate of drug-likeness (QED) is 0.667. The highest BCUT2D eigenvalue weighted by Gasteiger charge is 2.20. The van der Waals surface area contributed by atoms with Crippen LogP contribution in [-0.2, 0) is 11.2 Å². The van der Waals surface area contributed by atoms with Crippen molar-refractivity contribution in [3.63, 3.8) is 0 Å². The van der Waals surface area contributed by atoms with Crippen molar-refractivity contribution in [3.05, 3.63) is 17.0 Å². The van der Waals surface area contributed by atoms with E-state index >= 15 is 0 Å². The van der Waals surface area contributed by atoms with Crippen molar-refractivity contribution in [2.75, 3.05) is 6.26 Å². The van der Waals surface area contributed by atoms with Crippen LogP contribution in [0, 0.1) is 19.8 Å². The minimum atomic E-state index is 0.159. The molecule has 1 aromatic heterocycles. The molecular formula is C17H27N3OS. The van der Waals surface area contributed by atoms with E-state index in [1.54, 1.807) is 11.8 Å². The first-order chi connectivity index (χ1) is 10.5. The Labute approximate surface area is 137 Å². The number of carbonyl (C=O) groups is 1. The van der Waals surface area contributed by atoms with Crippen LogP contribution in [-0.4, -0.2) is 28.2 Å². The molecule has 1 amide bonds. The lowest BCUT2D eigenvalue weighted by atomic mass is 9.87. The highest BCUT2D eigenvalue weighted by Crippen LogP contribution is 2.23. The molecule has 0 spiro atoms. The molecule has 0 aliphatic heterocycles. The number of hydrogen-bond acceptors (Lipinski definition) is 4. The van der Waals surface area contributed by atoms with Crippen LogP contribution in [0.15, 0.2) is 5.16 Å². The summed E-state index contributed by atoms with van der Waals surface area (Å²) in [5.41, 5.74) is 3.11. The molecule has 1 aliphatic carbocycles. The molecule has 122 valence electrons. The summed E-state index contributed by atoms with van der Waals surface area (Å²) in [7, 11) is 0. The minimum Gasteiger partial charge on any atom is -0.353 e. The number of hydrogen-bond donors (Lipinski definition) is 1. The first kappa shape index (κ1) is 17.3. The summed E-state index contributed by atoms with van der Waals surface area (Å²) in [6, 6.07) is 0.369. The zero-order valence-electron chi connectivity index (χ0n) is 14.1. The predicted octanol–water partition coefficient (Wildman–Crippen LogP) is 3.44. The van der Waals surface area contributed by atoms with Crippen LogP contribution in [0.5, 0.6) is 0 Å². The maximum absolute atomic E-state index is 12.2. The van der Waals surface area contributed by atoms with Crippen LogP contribution in [0.2, 0.25) is 0 Å². The topological polar surface area (TPSA) is 54.9 Å². The lowest BCUT2D eigenvalue weighted by Crippen LogP contribution is -2.38. The molecule has 0 radical (unpaired) electrons. The Morgan fingerprint density at radius 1 is 1.27 bits per heavy atom. The molecule has 2 unspecified atom stereocenters. The third-order valence-electron chi connectivity index (χ3n) is 4.49. The van der Waals surface area contributed by atoms with Crippen molar-refractivity contribution in [1.82, 2.24) is 15.3 Å². The molecule has 1 fully saturated rings. The zero-order valence-corrected chi connectivity index (χ0v) is 14.9. The third kappa shape index (κ3) is 4.70. The van der Waals surface area contributed by atoms with Crippen molar-refractivity contribution < 1.29 is 4.79 Å². The Bertz CT molecular complexity index is 510. The van der Waals surface area contributed by atoms with Crippen LogP contribution in [0.4, 0.5) is 0 Å². The predicted molar refractivity (Wildman–Crippen MR) is 91.2 cm³/mol. The first-order valence-corrected chi connectivity index (χ1v) is 9.39. The van der Waals surface area contributed by atoms with Crippen molar-refractivity contribution in [3.8, 4) is 0 Å². The van der Waals surface area contributed by atoms with Gasteiger partial charge in [0.25, 0.3) is 0 Å². The number of nitrogens with zero attached hydrogens (tertiary/aromatic N) is 2. The van der Waals surface area contributed by atoms with Crippen molar-refractivity contribution in [2.24, 2.45) is 5.92 Å². The van der Waals surface area contributed by atoms with Gasteiger partial charge in [-0.15, -0.1) is 0 Å². The van der Waals surface area contributed by atoms with Crippen LogP contribution in [0.1, 0.15) is 56.0 Å². The van der Waals surface area contributed by atoms with E-state index in [9.17, 15) is 4.79 Å². The lowest BCUT2D eigenvalue weighted by molar-refractivity contribution is -0.122. The normalized spacial score (nSPS) is 21.6. The summed E-state index contributed by atoms with van der Waals surface area (Å²) in [6.45, 7) is 6.28. The highest BCUT2D eigenvalue weighted by atomic mass is 32.2. The summed E-state index contributed by atoms with van der Waals surface area (Å²) < 4.78 is 0. The van der Waals surface area contributed by atoms with Gasteiger partial charge in [-0.2, -0.15) is 0 Å². The van der Waals surface area contributed by atoms with Crippen LogP contribution in [0.25, 0.3) is 0 Å². The second-order valence-corrected chi connectivity index (χ2v) is 7.17. The van der Waals surface area contributed by atoms with Gasteiger partial charge in [0.2, 0.25) is 5.91 Å². The largest absolute Gasteiger partial charge is 0.353 e. The lowest BCUT2D eigenvalue weighted by Gasteiger charge is -2.27. The molecule has 2 rings (SSSR count). The average Bonchev–Trinajstić information content (AvgIpc) is 2.46. The molecule has 1 saturated carbocycles. The minimum absolute atomic E-state index is 0.159. The second kappa shape index (κ2) is 7.95. The fraction of sp³-hybridized carbons (Fsp3) is 0.706. The fourth-order valence-corrected chi connectivity index (χ4v) is 3.72. The van der Waals surface area contributed by atoms with Gasteiger partial charge in [0, 0.05) is 23.9 Å². The van der Waals surface area contributed by atoms with Gasteiger partial charge in [0.05, 0.1) is 0 Å². The number of carbonyl (C=O) groups excluding carboxylic acids is 1. The van der Waals surface area contributed by atoms with E-state index in [1.807, 2.05) is 20.1 Å². The molecule has 0 aromatic carbocycles. The van der Waals surface area contributed by atoms with Crippen molar-refractivity contribution >= 4 is 17.7 Å². The van der Waals surface area contributed by atoms with E-state index in [4.69, 9.17) is 0 Å². The number of nitrogens with one attached hydrogen (secondary N) is 1. The SMILES string of the molecule is CSc1nc(C)c(CCC(=O)NC2CCCC(C)C2)c(C)n1. The summed E-state index contributed by atoms with van der Waals surface area (Å²) >= 11 is 1.55. The Hall–Kier alpha value is -1.10. The first-order valence-electron chi connectivity index (χ1n) is 8.17. The number of aryl methyl sites for hydroxylation is 2. The summed E-state index contributed by atoms with van der Waals surface area (Å²) in [6.07, 6.45) is 7.99. The number of amides is 1.